The molecule has 2 aromatic rings. The summed E-state index contributed by atoms with van der Waals surface area (Å²) in [7, 11) is -4.45. The molecule has 0 aliphatic carbocycles. The van der Waals surface area contributed by atoms with Crippen molar-refractivity contribution in [2.75, 3.05) is 32.0 Å². The molecule has 2 heterocycles. The zero-order chi connectivity index (χ0) is 40.7. The van der Waals surface area contributed by atoms with Crippen LogP contribution in [0.25, 0.3) is 0 Å². The molecule has 0 spiro atoms. The molecule has 0 saturated carbocycles. The Balaban J connectivity index is 1.34. The van der Waals surface area contributed by atoms with E-state index in [2.05, 4.69) is 82.3 Å². The Kier molecular flexibility index (Phi) is 20.1. The van der Waals surface area contributed by atoms with Crippen molar-refractivity contribution in [1.29, 1.82) is 0 Å². The van der Waals surface area contributed by atoms with E-state index in [-0.39, 0.29) is 30.6 Å². The van der Waals surface area contributed by atoms with E-state index in [4.69, 9.17) is 19.5 Å². The van der Waals surface area contributed by atoms with Crippen molar-refractivity contribution in [2.45, 2.75) is 82.6 Å². The van der Waals surface area contributed by atoms with Crippen LogP contribution in [0.1, 0.15) is 64.5 Å². The highest BCUT2D eigenvalue weighted by Crippen LogP contribution is 2.47. The number of carbonyl (C=O) groups is 2. The van der Waals surface area contributed by atoms with Gasteiger partial charge in [0.1, 0.15) is 17.7 Å². The van der Waals surface area contributed by atoms with E-state index >= 15 is 0 Å². The lowest BCUT2D eigenvalue weighted by molar-refractivity contribution is -0.140. The third-order valence-electron chi connectivity index (χ3n) is 8.00. The van der Waals surface area contributed by atoms with Crippen molar-refractivity contribution >= 4 is 25.4 Å². The van der Waals surface area contributed by atoms with Crippen molar-refractivity contribution in [3.05, 3.63) is 114 Å². The van der Waals surface area contributed by atoms with Crippen LogP contribution in [0.15, 0.2) is 108 Å². The lowest BCUT2D eigenvalue weighted by atomic mass is 10.1. The molecule has 4 unspecified atom stereocenters. The molecule has 4 atom stereocenters. The number of aliphatic hydroxyl groups excluding tert-OH is 1. The van der Waals surface area contributed by atoms with E-state index in [1.807, 2.05) is 6.08 Å². The number of hydrogen-bond donors (Lipinski definition) is 5. The van der Waals surface area contributed by atoms with Crippen molar-refractivity contribution in [2.24, 2.45) is 0 Å². The molecule has 1 fully saturated rings. The largest absolute Gasteiger partial charge is 0.459 e. The molecule has 17 heteroatoms. The number of nitrogens with two attached hydrogens (primary N) is 1. The summed E-state index contributed by atoms with van der Waals surface area (Å²) in [4.78, 5) is 40.3. The van der Waals surface area contributed by atoms with Crippen molar-refractivity contribution in [3.8, 4) is 5.75 Å². The second kappa shape index (κ2) is 24.7. The van der Waals surface area contributed by atoms with Crippen LogP contribution in [0.5, 0.6) is 5.75 Å². The molecule has 1 aliphatic rings. The second-order valence-electron chi connectivity index (χ2n) is 12.5. The predicted octanol–water partition coefficient (Wildman–Crippen LogP) is 5.67. The number of allylic oxidation sites excluding steroid dienone is 10. The van der Waals surface area contributed by atoms with E-state index in [9.17, 15) is 32.8 Å². The highest BCUT2D eigenvalue weighted by Gasteiger charge is 2.60. The molecule has 1 aromatic carbocycles. The van der Waals surface area contributed by atoms with Gasteiger partial charge in [-0.15, -0.1) is 0 Å². The summed E-state index contributed by atoms with van der Waals surface area (Å²) in [6.07, 6.45) is 22.1. The second-order valence-corrected chi connectivity index (χ2v) is 14.3. The molecule has 3 rings (SSSR count). The summed E-state index contributed by atoms with van der Waals surface area (Å²) >= 11 is 0. The fraction of sp³-hybridized carbons (Fsp3) is 0.436. The Labute approximate surface area is 326 Å². The number of rotatable bonds is 25. The molecular formula is C39H53F2N6O8P. The number of unbranched alkanes of at least 4 members (excludes halogenated alkanes) is 1. The number of nitrogens with one attached hydrogen (secondary N) is 3. The summed E-state index contributed by atoms with van der Waals surface area (Å²) in [6, 6.07) is 8.85. The lowest BCUT2D eigenvalue weighted by Crippen LogP contribution is -2.42. The number of ether oxygens (including phenoxy) is 1. The zero-order valence-corrected chi connectivity index (χ0v) is 32.4. The molecule has 56 heavy (non-hydrogen) atoms. The molecule has 14 nitrogen and oxygen atoms in total. The van der Waals surface area contributed by atoms with Gasteiger partial charge in [0.2, 0.25) is 18.0 Å². The molecule has 0 bridgehead atoms. The number of amides is 2. The van der Waals surface area contributed by atoms with Gasteiger partial charge in [-0.25, -0.2) is 14.4 Å². The number of nitrogens with zero attached hydrogens (tertiary/aromatic N) is 2. The number of anilines is 1. The molecule has 1 aromatic heterocycles. The fourth-order valence-corrected chi connectivity index (χ4v) is 6.37. The number of aromatic nitrogens is 2. The minimum atomic E-state index is -4.45. The van der Waals surface area contributed by atoms with Crippen LogP contribution >= 0.6 is 7.75 Å². The van der Waals surface area contributed by atoms with Crippen LogP contribution in [-0.2, 0) is 23.4 Å². The summed E-state index contributed by atoms with van der Waals surface area (Å²) in [5.74, 6) is -4.89. The Hall–Kier alpha value is -4.73. The van der Waals surface area contributed by atoms with E-state index in [1.54, 1.807) is 18.2 Å². The highest BCUT2D eigenvalue weighted by atomic mass is 31.2. The molecular weight excluding hydrogens is 749 g/mol. The average Bonchev–Trinajstić information content (AvgIpc) is 3.40. The van der Waals surface area contributed by atoms with Crippen LogP contribution in [0.2, 0.25) is 0 Å². The van der Waals surface area contributed by atoms with E-state index in [1.165, 1.54) is 12.1 Å². The van der Waals surface area contributed by atoms with Crippen molar-refractivity contribution < 1.29 is 41.8 Å². The molecule has 1 saturated heterocycles. The average molecular weight is 803 g/mol. The van der Waals surface area contributed by atoms with Gasteiger partial charge in [-0.05, 0) is 63.1 Å². The quantitative estimate of drug-likeness (QED) is 0.0472. The van der Waals surface area contributed by atoms with E-state index in [0.717, 1.165) is 50.8 Å². The summed E-state index contributed by atoms with van der Waals surface area (Å²) in [6.45, 7) is 0.890. The van der Waals surface area contributed by atoms with E-state index in [0.29, 0.717) is 17.4 Å². The monoisotopic (exact) mass is 802 g/mol. The summed E-state index contributed by atoms with van der Waals surface area (Å²) in [5.41, 5.74) is 4.30. The Morgan fingerprint density at radius 1 is 0.946 bits per heavy atom. The van der Waals surface area contributed by atoms with Gasteiger partial charge in [-0.3, -0.25) is 18.7 Å². The van der Waals surface area contributed by atoms with Gasteiger partial charge >= 0.3 is 19.4 Å². The normalized spacial score (nSPS) is 19.4. The van der Waals surface area contributed by atoms with Crippen molar-refractivity contribution in [1.82, 2.24) is 25.3 Å². The number of aliphatic hydroxyl groups is 1. The van der Waals surface area contributed by atoms with Crippen LogP contribution in [0.3, 0.4) is 0 Å². The lowest BCUT2D eigenvalue weighted by Gasteiger charge is -2.22. The Bertz CT molecular complexity index is 1770. The molecule has 1 aliphatic heterocycles. The molecule has 0 radical (unpaired) electrons. The predicted molar refractivity (Wildman–Crippen MR) is 211 cm³/mol. The van der Waals surface area contributed by atoms with Gasteiger partial charge in [-0.1, -0.05) is 85.9 Å². The van der Waals surface area contributed by atoms with Crippen molar-refractivity contribution in [3.63, 3.8) is 0 Å². The molecule has 2 amide bonds. The third kappa shape index (κ3) is 16.6. The minimum Gasteiger partial charge on any atom is -0.413 e. The molecule has 6 N–H and O–H groups in total. The standard InChI is InChI=1S/C39H53F2N6O8P/c1-2-3-4-5-6-7-8-9-10-11-12-13-14-15-16-17-21-24-34(48)43-26-27-44-35(49)29-45-56(52,55-31-22-19-18-20-23-31)53-30-32-36(50)39(40,41)37(54-32)47-28-25-33(42)46-38(47)51/h3-4,6-7,9-10,12-13,15-16,18-20,22-23,25,28,32,36-37,50H,2,5,8,11,14,17,21,24,26-27,29-30H2,1H3,(H,43,48)(H,44,49)(H,45,52)(H2,42,46,51). The van der Waals surface area contributed by atoms with Crippen LogP contribution < -0.4 is 31.7 Å². The first kappa shape index (κ1) is 45.7. The first-order valence-electron chi connectivity index (χ1n) is 18.5. The van der Waals surface area contributed by atoms with Crippen LogP contribution in [0, 0.1) is 0 Å². The van der Waals surface area contributed by atoms with Gasteiger partial charge in [0.05, 0.1) is 13.2 Å². The van der Waals surface area contributed by atoms with Gasteiger partial charge in [0.25, 0.3) is 0 Å². The maximum absolute atomic E-state index is 15.0. The summed E-state index contributed by atoms with van der Waals surface area (Å²) in [5, 5.41) is 18.0. The Morgan fingerprint density at radius 3 is 2.14 bits per heavy atom. The SMILES string of the molecule is CCC=CCC=CCC=CCC=CCC=CCCCC(=O)NCCNC(=O)CNP(=O)(OCC1OC(n2ccc(N)nc2=O)C(F)(F)C1O)Oc1ccccc1. The number of nitrogen functional groups attached to an aromatic ring is 1. The number of alkyl halides is 2. The number of benzene rings is 1. The van der Waals surface area contributed by atoms with Gasteiger partial charge in [-0.2, -0.15) is 13.8 Å². The number of hydrogen-bond acceptors (Lipinski definition) is 10. The maximum atomic E-state index is 15.0. The number of para-hydroxylation sites is 1. The highest BCUT2D eigenvalue weighted by molar-refractivity contribution is 7.52. The van der Waals surface area contributed by atoms with Gasteiger partial charge < -0.3 is 30.7 Å². The maximum Gasteiger partial charge on any atom is 0.459 e. The van der Waals surface area contributed by atoms with Gasteiger partial charge in [0.15, 0.2) is 6.10 Å². The topological polar surface area (TPSA) is 196 Å². The number of halogens is 2. The van der Waals surface area contributed by atoms with Gasteiger partial charge in [0, 0.05) is 25.7 Å². The van der Waals surface area contributed by atoms with E-state index < -0.39 is 56.9 Å². The smallest absolute Gasteiger partial charge is 0.413 e. The first-order valence-corrected chi connectivity index (χ1v) is 20.1. The third-order valence-corrected chi connectivity index (χ3v) is 9.48. The summed E-state index contributed by atoms with van der Waals surface area (Å²) < 4.78 is 60.2. The fourth-order valence-electron chi connectivity index (χ4n) is 5.08. The van der Waals surface area contributed by atoms with Crippen LogP contribution in [0.4, 0.5) is 14.6 Å². The van der Waals surface area contributed by atoms with Crippen LogP contribution in [-0.4, -0.2) is 70.8 Å². The first-order chi connectivity index (χ1) is 26.9. The minimum absolute atomic E-state index is 0.0726. The molecule has 306 valence electrons. The Morgan fingerprint density at radius 2 is 1.54 bits per heavy atom. The zero-order valence-electron chi connectivity index (χ0n) is 31.5. The number of carbonyl (C=O) groups excluding carboxylic acids is 2.